The Morgan fingerprint density at radius 1 is 0.952 bits per heavy atom. The summed E-state index contributed by atoms with van der Waals surface area (Å²) in [6.07, 6.45) is 5.38. The number of hydrogen-bond donors (Lipinski definition) is 1. The molecule has 2 amide bonds. The van der Waals surface area contributed by atoms with Gasteiger partial charge in [-0.05, 0) is 68.1 Å². The predicted octanol–water partition coefficient (Wildman–Crippen LogP) is 6.75. The van der Waals surface area contributed by atoms with Crippen LogP contribution in [0.3, 0.4) is 0 Å². The van der Waals surface area contributed by atoms with E-state index >= 15 is 0 Å². The van der Waals surface area contributed by atoms with E-state index in [9.17, 15) is 18.0 Å². The number of carbonyl (C=O) groups excluding carboxylic acids is 2. The normalized spacial score (nSPS) is 14.7. The first-order chi connectivity index (χ1) is 20.1. The smallest absolute Gasteiger partial charge is 0.264 e. The van der Waals surface area contributed by atoms with E-state index in [1.807, 2.05) is 13.8 Å². The van der Waals surface area contributed by atoms with E-state index in [0.717, 1.165) is 42.0 Å². The van der Waals surface area contributed by atoms with Gasteiger partial charge in [-0.2, -0.15) is 0 Å². The standard InChI is InChI=1S/C32H37Cl2N3O4S/c1-3-30(32(39)35-26-10-6-4-7-11-26)36(21-24-16-17-25(33)20-29(24)34)31(38)22-37(27-12-8-5-9-13-27)42(40,41)28-18-14-23(2)15-19-28/h5,8-9,12-20,26,30H,3-4,6-7,10-11,21-22H2,1-2H3,(H,35,39). The number of benzene rings is 3. The molecule has 0 aromatic heterocycles. The number of nitrogens with one attached hydrogen (secondary N) is 1. The number of sulfonamides is 1. The Bertz CT molecular complexity index is 1480. The molecule has 4 rings (SSSR count). The molecule has 0 spiro atoms. The number of hydrogen-bond acceptors (Lipinski definition) is 4. The van der Waals surface area contributed by atoms with Gasteiger partial charge in [0.15, 0.2) is 0 Å². The fourth-order valence-electron chi connectivity index (χ4n) is 5.26. The molecule has 1 aliphatic carbocycles. The van der Waals surface area contributed by atoms with Crippen LogP contribution in [0.2, 0.25) is 10.0 Å². The number of carbonyl (C=O) groups is 2. The lowest BCUT2D eigenvalue weighted by atomic mass is 9.95. The first-order valence-electron chi connectivity index (χ1n) is 14.3. The van der Waals surface area contributed by atoms with Gasteiger partial charge in [0.05, 0.1) is 10.6 Å². The molecule has 224 valence electrons. The number of anilines is 1. The van der Waals surface area contributed by atoms with Gasteiger partial charge in [0.25, 0.3) is 10.0 Å². The Morgan fingerprint density at radius 3 is 2.24 bits per heavy atom. The van der Waals surface area contributed by atoms with Crippen molar-refractivity contribution in [1.29, 1.82) is 0 Å². The molecule has 1 aliphatic rings. The fourth-order valence-corrected chi connectivity index (χ4v) is 7.14. The SMILES string of the molecule is CCC(C(=O)NC1CCCCC1)N(Cc1ccc(Cl)cc1Cl)C(=O)CN(c1ccccc1)S(=O)(=O)c1ccc(C)cc1. The number of para-hydroxylation sites is 1. The third kappa shape index (κ3) is 7.85. The number of aryl methyl sites for hydroxylation is 1. The quantitative estimate of drug-likeness (QED) is 0.254. The van der Waals surface area contributed by atoms with Crippen LogP contribution >= 0.6 is 23.2 Å². The number of amides is 2. The number of halogens is 2. The van der Waals surface area contributed by atoms with Crippen LogP contribution in [0.1, 0.15) is 56.6 Å². The van der Waals surface area contributed by atoms with Gasteiger partial charge in [-0.1, -0.05) is 91.3 Å². The van der Waals surface area contributed by atoms with Crippen molar-refractivity contribution in [3.63, 3.8) is 0 Å². The highest BCUT2D eigenvalue weighted by molar-refractivity contribution is 7.92. The molecule has 1 unspecified atom stereocenters. The van der Waals surface area contributed by atoms with E-state index < -0.39 is 28.5 Å². The van der Waals surface area contributed by atoms with Crippen LogP contribution in [0.25, 0.3) is 0 Å². The van der Waals surface area contributed by atoms with Gasteiger partial charge >= 0.3 is 0 Å². The topological polar surface area (TPSA) is 86.8 Å². The van der Waals surface area contributed by atoms with Crippen molar-refractivity contribution >= 4 is 50.7 Å². The zero-order chi connectivity index (χ0) is 30.3. The minimum Gasteiger partial charge on any atom is -0.352 e. The van der Waals surface area contributed by atoms with Crippen LogP contribution in [0.5, 0.6) is 0 Å². The van der Waals surface area contributed by atoms with Crippen molar-refractivity contribution in [2.45, 2.75) is 75.9 Å². The zero-order valence-electron chi connectivity index (χ0n) is 23.9. The third-order valence-corrected chi connectivity index (χ3v) is 10.0. The van der Waals surface area contributed by atoms with Crippen molar-refractivity contribution in [2.75, 3.05) is 10.8 Å². The van der Waals surface area contributed by atoms with Gasteiger partial charge in [0.2, 0.25) is 11.8 Å². The molecule has 0 heterocycles. The van der Waals surface area contributed by atoms with Gasteiger partial charge in [0, 0.05) is 22.6 Å². The minimum atomic E-state index is -4.12. The minimum absolute atomic E-state index is 0.0125. The summed E-state index contributed by atoms with van der Waals surface area (Å²) in [7, 11) is -4.12. The summed E-state index contributed by atoms with van der Waals surface area (Å²) >= 11 is 12.6. The monoisotopic (exact) mass is 629 g/mol. The van der Waals surface area contributed by atoms with Gasteiger partial charge < -0.3 is 10.2 Å². The fraction of sp³-hybridized carbons (Fsp3) is 0.375. The molecule has 3 aromatic rings. The van der Waals surface area contributed by atoms with E-state index in [4.69, 9.17) is 23.2 Å². The molecule has 42 heavy (non-hydrogen) atoms. The highest BCUT2D eigenvalue weighted by Crippen LogP contribution is 2.27. The highest BCUT2D eigenvalue weighted by atomic mass is 35.5. The molecule has 7 nitrogen and oxygen atoms in total. The average molecular weight is 631 g/mol. The van der Waals surface area contributed by atoms with Crippen molar-refractivity contribution in [3.8, 4) is 0 Å². The Hall–Kier alpha value is -3.07. The number of nitrogens with zero attached hydrogens (tertiary/aromatic N) is 2. The summed E-state index contributed by atoms with van der Waals surface area (Å²) in [5, 5.41) is 3.95. The zero-order valence-corrected chi connectivity index (χ0v) is 26.3. The first kappa shape index (κ1) is 31.9. The van der Waals surface area contributed by atoms with Gasteiger partial charge in [-0.25, -0.2) is 8.42 Å². The lowest BCUT2D eigenvalue weighted by Gasteiger charge is -2.34. The second-order valence-corrected chi connectivity index (χ2v) is 13.4. The highest BCUT2D eigenvalue weighted by Gasteiger charge is 2.34. The lowest BCUT2D eigenvalue weighted by Crippen LogP contribution is -2.54. The van der Waals surface area contributed by atoms with Crippen molar-refractivity contribution in [1.82, 2.24) is 10.2 Å². The largest absolute Gasteiger partial charge is 0.352 e. The summed E-state index contributed by atoms with van der Waals surface area (Å²) in [6.45, 7) is 3.22. The Labute approximate surface area is 258 Å². The molecule has 0 bridgehead atoms. The Balaban J connectivity index is 1.70. The predicted molar refractivity (Wildman–Crippen MR) is 168 cm³/mol. The summed E-state index contributed by atoms with van der Waals surface area (Å²) in [5.74, 6) is -0.776. The summed E-state index contributed by atoms with van der Waals surface area (Å²) in [6, 6.07) is 19.2. The van der Waals surface area contributed by atoms with Crippen LogP contribution < -0.4 is 9.62 Å². The molecular formula is C32H37Cl2N3O4S. The third-order valence-electron chi connectivity index (χ3n) is 7.63. The van der Waals surface area contributed by atoms with Crippen LogP contribution in [-0.2, 0) is 26.2 Å². The second-order valence-electron chi connectivity index (χ2n) is 10.7. The van der Waals surface area contributed by atoms with E-state index in [1.54, 1.807) is 60.7 Å². The van der Waals surface area contributed by atoms with E-state index in [1.165, 1.54) is 17.0 Å². The van der Waals surface area contributed by atoms with E-state index in [-0.39, 0.29) is 23.4 Å². The van der Waals surface area contributed by atoms with Crippen molar-refractivity contribution in [2.24, 2.45) is 0 Å². The molecule has 1 saturated carbocycles. The molecule has 3 aromatic carbocycles. The van der Waals surface area contributed by atoms with E-state index in [2.05, 4.69) is 5.32 Å². The van der Waals surface area contributed by atoms with Crippen LogP contribution in [0.4, 0.5) is 5.69 Å². The summed E-state index contributed by atoms with van der Waals surface area (Å²) < 4.78 is 29.0. The molecule has 0 aliphatic heterocycles. The van der Waals surface area contributed by atoms with Crippen LogP contribution in [-0.4, -0.2) is 43.8 Å². The van der Waals surface area contributed by atoms with Crippen molar-refractivity contribution in [3.05, 3.63) is 94.0 Å². The van der Waals surface area contributed by atoms with Gasteiger partial charge in [-0.3, -0.25) is 13.9 Å². The lowest BCUT2D eigenvalue weighted by molar-refractivity contribution is -0.140. The molecule has 0 saturated heterocycles. The second kappa shape index (κ2) is 14.4. The maximum Gasteiger partial charge on any atom is 0.264 e. The maximum atomic E-state index is 14.2. The summed E-state index contributed by atoms with van der Waals surface area (Å²) in [4.78, 5) is 29.3. The Morgan fingerprint density at radius 2 is 1.62 bits per heavy atom. The average Bonchev–Trinajstić information content (AvgIpc) is 2.98. The maximum absolute atomic E-state index is 14.2. The molecule has 1 atom stereocenters. The first-order valence-corrected chi connectivity index (χ1v) is 16.5. The molecule has 0 radical (unpaired) electrons. The van der Waals surface area contributed by atoms with E-state index in [0.29, 0.717) is 27.7 Å². The van der Waals surface area contributed by atoms with Crippen LogP contribution in [0, 0.1) is 6.92 Å². The summed E-state index contributed by atoms with van der Waals surface area (Å²) in [5.41, 5.74) is 1.86. The van der Waals surface area contributed by atoms with Crippen LogP contribution in [0.15, 0.2) is 77.7 Å². The molecular weight excluding hydrogens is 593 g/mol. The molecule has 10 heteroatoms. The van der Waals surface area contributed by atoms with Crippen molar-refractivity contribution < 1.29 is 18.0 Å². The molecule has 1 N–H and O–H groups in total. The molecule has 1 fully saturated rings. The Kier molecular flexibility index (Phi) is 10.9. The van der Waals surface area contributed by atoms with Gasteiger partial charge in [0.1, 0.15) is 12.6 Å². The van der Waals surface area contributed by atoms with Gasteiger partial charge in [-0.15, -0.1) is 0 Å². The number of rotatable bonds is 11.